The highest BCUT2D eigenvalue weighted by molar-refractivity contribution is 9.10. The summed E-state index contributed by atoms with van der Waals surface area (Å²) in [6.07, 6.45) is -0.655. The van der Waals surface area contributed by atoms with E-state index in [1.807, 2.05) is 0 Å². The number of rotatable bonds is 9. The maximum Gasteiger partial charge on any atom is 0.336 e. The van der Waals surface area contributed by atoms with Crippen LogP contribution in [-0.4, -0.2) is 55.0 Å². The quantitative estimate of drug-likeness (QED) is 0.517. The zero-order valence-corrected chi connectivity index (χ0v) is 13.4. The summed E-state index contributed by atoms with van der Waals surface area (Å²) in [7, 11) is 1.58. The smallest absolute Gasteiger partial charge is 0.336 e. The average molecular weight is 365 g/mol. The van der Waals surface area contributed by atoms with E-state index in [9.17, 15) is 9.90 Å². The number of ether oxygens (including phenoxy) is 2. The first-order valence-corrected chi connectivity index (χ1v) is 7.73. The van der Waals surface area contributed by atoms with E-state index in [0.29, 0.717) is 23.9 Å². The number of carbonyl (C=O) groups is 1. The third-order valence-corrected chi connectivity index (χ3v) is 4.04. The molecule has 1 aromatic carbocycles. The molecule has 0 radical (unpaired) electrons. The summed E-state index contributed by atoms with van der Waals surface area (Å²) in [5.74, 6) is -0.616. The molecule has 0 saturated carbocycles. The molecule has 0 aliphatic rings. The SMILES string of the molecule is COCCOCC(O)CSc1cc(Br)ccc1C(=O)O. The number of carboxylic acid groups (broad SMARTS) is 1. The van der Waals surface area contributed by atoms with Gasteiger partial charge in [0.2, 0.25) is 0 Å². The van der Waals surface area contributed by atoms with Gasteiger partial charge in [-0.2, -0.15) is 0 Å². The monoisotopic (exact) mass is 364 g/mol. The highest BCUT2D eigenvalue weighted by atomic mass is 79.9. The summed E-state index contributed by atoms with van der Waals surface area (Å²) in [6.45, 7) is 1.11. The fourth-order valence-corrected chi connectivity index (χ4v) is 2.89. The van der Waals surface area contributed by atoms with Crippen LogP contribution in [0.3, 0.4) is 0 Å². The zero-order valence-electron chi connectivity index (χ0n) is 11.0. The van der Waals surface area contributed by atoms with Gasteiger partial charge in [-0.05, 0) is 18.2 Å². The number of hydrogen-bond donors (Lipinski definition) is 2. The van der Waals surface area contributed by atoms with E-state index in [1.165, 1.54) is 17.8 Å². The molecule has 1 aromatic rings. The van der Waals surface area contributed by atoms with Crippen LogP contribution in [0.2, 0.25) is 0 Å². The summed E-state index contributed by atoms with van der Waals surface area (Å²) in [5.41, 5.74) is 0.228. The van der Waals surface area contributed by atoms with E-state index in [4.69, 9.17) is 14.6 Å². The number of aromatic carboxylic acids is 1. The van der Waals surface area contributed by atoms with Gasteiger partial charge in [-0.1, -0.05) is 15.9 Å². The Morgan fingerprint density at radius 3 is 2.85 bits per heavy atom. The summed E-state index contributed by atoms with van der Waals surface area (Å²) in [5, 5.41) is 18.9. The Kier molecular flexibility index (Phi) is 8.16. The molecule has 112 valence electrons. The average Bonchev–Trinajstić information content (AvgIpc) is 2.41. The Bertz CT molecular complexity index is 441. The van der Waals surface area contributed by atoms with Gasteiger partial charge in [0.1, 0.15) is 0 Å². The van der Waals surface area contributed by atoms with Gasteiger partial charge in [0, 0.05) is 22.2 Å². The summed E-state index contributed by atoms with van der Waals surface area (Å²) in [4.78, 5) is 11.7. The highest BCUT2D eigenvalue weighted by Gasteiger charge is 2.13. The molecule has 0 aliphatic carbocycles. The largest absolute Gasteiger partial charge is 0.478 e. The summed E-state index contributed by atoms with van der Waals surface area (Å²) < 4.78 is 10.8. The van der Waals surface area contributed by atoms with Crippen molar-refractivity contribution in [3.63, 3.8) is 0 Å². The van der Waals surface area contributed by atoms with Crippen LogP contribution < -0.4 is 0 Å². The van der Waals surface area contributed by atoms with Gasteiger partial charge in [0.15, 0.2) is 0 Å². The van der Waals surface area contributed by atoms with E-state index >= 15 is 0 Å². The fraction of sp³-hybridized carbons (Fsp3) is 0.462. The third kappa shape index (κ3) is 6.23. The minimum atomic E-state index is -0.981. The van der Waals surface area contributed by atoms with Crippen molar-refractivity contribution in [2.45, 2.75) is 11.0 Å². The van der Waals surface area contributed by atoms with Gasteiger partial charge in [-0.3, -0.25) is 0 Å². The molecule has 7 heteroatoms. The molecular formula is C13H17BrO5S. The topological polar surface area (TPSA) is 76.0 Å². The van der Waals surface area contributed by atoms with Gasteiger partial charge in [-0.15, -0.1) is 11.8 Å². The number of halogens is 1. The molecular weight excluding hydrogens is 348 g/mol. The second-order valence-corrected chi connectivity index (χ2v) is 5.96. The van der Waals surface area contributed by atoms with E-state index < -0.39 is 12.1 Å². The number of carboxylic acids is 1. The van der Waals surface area contributed by atoms with Crippen LogP contribution in [0.25, 0.3) is 0 Å². The van der Waals surface area contributed by atoms with Crippen LogP contribution >= 0.6 is 27.7 Å². The van der Waals surface area contributed by atoms with Crippen molar-refractivity contribution in [2.75, 3.05) is 32.7 Å². The van der Waals surface area contributed by atoms with Gasteiger partial charge in [0.05, 0.1) is 31.5 Å². The lowest BCUT2D eigenvalue weighted by atomic mass is 10.2. The van der Waals surface area contributed by atoms with Crippen LogP contribution in [0.4, 0.5) is 0 Å². The van der Waals surface area contributed by atoms with Crippen LogP contribution in [0.1, 0.15) is 10.4 Å². The molecule has 1 rings (SSSR count). The maximum atomic E-state index is 11.1. The van der Waals surface area contributed by atoms with Crippen molar-refractivity contribution < 1.29 is 24.5 Å². The standard InChI is InChI=1S/C13H17BrO5S/c1-18-4-5-19-7-10(15)8-20-12-6-9(14)2-3-11(12)13(16)17/h2-3,6,10,15H,4-5,7-8H2,1H3,(H,16,17). The minimum absolute atomic E-state index is 0.201. The highest BCUT2D eigenvalue weighted by Crippen LogP contribution is 2.27. The third-order valence-electron chi connectivity index (χ3n) is 2.35. The number of thioether (sulfide) groups is 1. The predicted octanol–water partition coefficient (Wildman–Crippen LogP) is 2.26. The normalized spacial score (nSPS) is 12.3. The number of hydrogen-bond acceptors (Lipinski definition) is 5. The molecule has 0 aromatic heterocycles. The van der Waals surface area contributed by atoms with E-state index in [0.717, 1.165) is 4.47 Å². The molecule has 0 bridgehead atoms. The Hall–Kier alpha value is -0.600. The first kappa shape index (κ1) is 17.5. The Labute approximate surface area is 130 Å². The molecule has 1 atom stereocenters. The molecule has 0 saturated heterocycles. The first-order chi connectivity index (χ1) is 9.54. The number of methoxy groups -OCH3 is 1. The molecule has 5 nitrogen and oxygen atoms in total. The fourth-order valence-electron chi connectivity index (χ4n) is 1.39. The van der Waals surface area contributed by atoms with E-state index in [2.05, 4.69) is 15.9 Å². The molecule has 20 heavy (non-hydrogen) atoms. The van der Waals surface area contributed by atoms with Crippen molar-refractivity contribution in [1.82, 2.24) is 0 Å². The molecule has 0 spiro atoms. The van der Waals surface area contributed by atoms with Crippen LogP contribution in [-0.2, 0) is 9.47 Å². The van der Waals surface area contributed by atoms with Crippen molar-refractivity contribution in [2.24, 2.45) is 0 Å². The number of aliphatic hydroxyl groups excluding tert-OH is 1. The summed E-state index contributed by atoms with van der Waals surface area (Å²) in [6, 6.07) is 4.95. The van der Waals surface area contributed by atoms with Crippen LogP contribution in [0, 0.1) is 0 Å². The van der Waals surface area contributed by atoms with Gasteiger partial charge < -0.3 is 19.7 Å². The van der Waals surface area contributed by atoms with Gasteiger partial charge >= 0.3 is 5.97 Å². The van der Waals surface area contributed by atoms with Crippen molar-refractivity contribution in [3.05, 3.63) is 28.2 Å². The Balaban J connectivity index is 2.48. The predicted molar refractivity (Wildman–Crippen MR) is 80.5 cm³/mol. The molecule has 0 heterocycles. The maximum absolute atomic E-state index is 11.1. The second kappa shape index (κ2) is 9.36. The molecule has 0 fully saturated rings. The Morgan fingerprint density at radius 2 is 2.20 bits per heavy atom. The second-order valence-electron chi connectivity index (χ2n) is 3.98. The molecule has 2 N–H and O–H groups in total. The lowest BCUT2D eigenvalue weighted by Gasteiger charge is -2.12. The van der Waals surface area contributed by atoms with Crippen LogP contribution in [0.15, 0.2) is 27.6 Å². The van der Waals surface area contributed by atoms with E-state index in [1.54, 1.807) is 19.2 Å². The lowest BCUT2D eigenvalue weighted by Crippen LogP contribution is -2.19. The number of aliphatic hydroxyl groups is 1. The summed E-state index contributed by atoms with van der Waals surface area (Å²) >= 11 is 4.59. The van der Waals surface area contributed by atoms with Gasteiger partial charge in [0.25, 0.3) is 0 Å². The van der Waals surface area contributed by atoms with Crippen molar-refractivity contribution in [1.29, 1.82) is 0 Å². The Morgan fingerprint density at radius 1 is 1.45 bits per heavy atom. The lowest BCUT2D eigenvalue weighted by molar-refractivity contribution is 0.0218. The van der Waals surface area contributed by atoms with Gasteiger partial charge in [-0.25, -0.2) is 4.79 Å². The van der Waals surface area contributed by atoms with E-state index in [-0.39, 0.29) is 12.2 Å². The van der Waals surface area contributed by atoms with Crippen molar-refractivity contribution >= 4 is 33.7 Å². The van der Waals surface area contributed by atoms with Crippen molar-refractivity contribution in [3.8, 4) is 0 Å². The zero-order chi connectivity index (χ0) is 15.0. The molecule has 0 aliphatic heterocycles. The molecule has 0 amide bonds. The number of benzene rings is 1. The molecule has 1 unspecified atom stereocenters. The van der Waals surface area contributed by atoms with Crippen LogP contribution in [0.5, 0.6) is 0 Å². The minimum Gasteiger partial charge on any atom is -0.478 e. The first-order valence-electron chi connectivity index (χ1n) is 5.95.